The zero-order valence-electron chi connectivity index (χ0n) is 13.5. The number of hydrogen-bond donors (Lipinski definition) is 1. The van der Waals surface area contributed by atoms with Crippen LogP contribution in [0.15, 0.2) is 45.4 Å². The maximum Gasteiger partial charge on any atom is 0.261 e. The predicted octanol–water partition coefficient (Wildman–Crippen LogP) is 4.27. The van der Waals surface area contributed by atoms with Crippen molar-refractivity contribution in [1.29, 1.82) is 0 Å². The Kier molecular flexibility index (Phi) is 5.34. The summed E-state index contributed by atoms with van der Waals surface area (Å²) in [7, 11) is 1.64. The van der Waals surface area contributed by atoms with Gasteiger partial charge in [0.2, 0.25) is 0 Å². The molecule has 1 N–H and O–H groups in total. The SMILES string of the molecule is C/N=C(\C=C(C)C)c1onc(C)c1C(=O)Nc1cccc(Cl)c1. The van der Waals surface area contributed by atoms with E-state index in [0.717, 1.165) is 5.57 Å². The number of nitrogens with zero attached hydrogens (tertiary/aromatic N) is 2. The van der Waals surface area contributed by atoms with E-state index in [-0.39, 0.29) is 5.91 Å². The van der Waals surface area contributed by atoms with Gasteiger partial charge in [-0.25, -0.2) is 0 Å². The van der Waals surface area contributed by atoms with Crippen molar-refractivity contribution in [2.24, 2.45) is 4.99 Å². The zero-order valence-corrected chi connectivity index (χ0v) is 14.2. The third-order valence-corrected chi connectivity index (χ3v) is 3.31. The molecular weight excluding hydrogens is 314 g/mol. The molecule has 0 atom stereocenters. The predicted molar refractivity (Wildman–Crippen MR) is 92.5 cm³/mol. The van der Waals surface area contributed by atoms with Crippen LogP contribution >= 0.6 is 11.6 Å². The van der Waals surface area contributed by atoms with Gasteiger partial charge in [-0.15, -0.1) is 0 Å². The molecule has 0 aliphatic carbocycles. The van der Waals surface area contributed by atoms with Crippen molar-refractivity contribution >= 4 is 28.9 Å². The van der Waals surface area contributed by atoms with Crippen molar-refractivity contribution in [2.45, 2.75) is 20.8 Å². The Morgan fingerprint density at radius 3 is 2.74 bits per heavy atom. The van der Waals surface area contributed by atoms with E-state index in [1.807, 2.05) is 19.9 Å². The number of benzene rings is 1. The van der Waals surface area contributed by atoms with E-state index in [1.165, 1.54) is 0 Å². The second kappa shape index (κ2) is 7.24. The summed E-state index contributed by atoms with van der Waals surface area (Å²) in [6.45, 7) is 5.61. The van der Waals surface area contributed by atoms with Gasteiger partial charge >= 0.3 is 0 Å². The molecule has 0 radical (unpaired) electrons. The summed E-state index contributed by atoms with van der Waals surface area (Å²) in [5, 5.41) is 7.25. The molecule has 0 aliphatic rings. The molecule has 0 saturated carbocycles. The highest BCUT2D eigenvalue weighted by Gasteiger charge is 2.23. The Balaban J connectivity index is 2.38. The number of anilines is 1. The molecule has 1 heterocycles. The van der Waals surface area contributed by atoms with E-state index < -0.39 is 0 Å². The minimum Gasteiger partial charge on any atom is -0.353 e. The highest BCUT2D eigenvalue weighted by Crippen LogP contribution is 2.20. The fourth-order valence-corrected chi connectivity index (χ4v) is 2.27. The fourth-order valence-electron chi connectivity index (χ4n) is 2.08. The van der Waals surface area contributed by atoms with Gasteiger partial charge in [0, 0.05) is 17.8 Å². The molecule has 5 nitrogen and oxygen atoms in total. The topological polar surface area (TPSA) is 67.5 Å². The molecule has 0 fully saturated rings. The van der Waals surface area contributed by atoms with Crippen LogP contribution in [-0.2, 0) is 0 Å². The second-order valence-corrected chi connectivity index (χ2v) is 5.70. The molecule has 2 rings (SSSR count). The van der Waals surface area contributed by atoms with E-state index in [0.29, 0.717) is 33.4 Å². The van der Waals surface area contributed by atoms with Crippen LogP contribution in [0.5, 0.6) is 0 Å². The molecule has 0 unspecified atom stereocenters. The minimum atomic E-state index is -0.315. The maximum atomic E-state index is 12.6. The van der Waals surface area contributed by atoms with E-state index in [2.05, 4.69) is 15.5 Å². The van der Waals surface area contributed by atoms with Gasteiger partial charge < -0.3 is 9.84 Å². The Hall–Kier alpha value is -2.40. The fraction of sp³-hybridized carbons (Fsp3) is 0.235. The monoisotopic (exact) mass is 331 g/mol. The van der Waals surface area contributed by atoms with Crippen molar-refractivity contribution < 1.29 is 9.32 Å². The van der Waals surface area contributed by atoms with Crippen molar-refractivity contribution in [2.75, 3.05) is 12.4 Å². The largest absolute Gasteiger partial charge is 0.353 e. The maximum absolute atomic E-state index is 12.6. The van der Waals surface area contributed by atoms with Crippen molar-refractivity contribution in [3.63, 3.8) is 0 Å². The number of hydrogen-bond acceptors (Lipinski definition) is 4. The summed E-state index contributed by atoms with van der Waals surface area (Å²) >= 11 is 5.94. The zero-order chi connectivity index (χ0) is 17.0. The van der Waals surface area contributed by atoms with Crippen molar-refractivity contribution in [3.05, 3.63) is 58.0 Å². The van der Waals surface area contributed by atoms with Gasteiger partial charge in [0.05, 0.1) is 5.69 Å². The number of carbonyl (C=O) groups is 1. The van der Waals surface area contributed by atoms with E-state index in [9.17, 15) is 4.79 Å². The van der Waals surface area contributed by atoms with Crippen LogP contribution in [0.25, 0.3) is 0 Å². The van der Waals surface area contributed by atoms with Crippen LogP contribution in [0, 0.1) is 6.92 Å². The first-order chi connectivity index (χ1) is 10.9. The summed E-state index contributed by atoms with van der Waals surface area (Å²) in [6.07, 6.45) is 1.84. The van der Waals surface area contributed by atoms with Crippen LogP contribution < -0.4 is 5.32 Å². The van der Waals surface area contributed by atoms with Crippen LogP contribution in [0.4, 0.5) is 5.69 Å². The molecule has 2 aromatic rings. The number of allylic oxidation sites excluding steroid dienone is 2. The lowest BCUT2D eigenvalue weighted by Gasteiger charge is -2.06. The molecule has 23 heavy (non-hydrogen) atoms. The highest BCUT2D eigenvalue weighted by molar-refractivity contribution is 6.31. The number of halogens is 1. The Morgan fingerprint density at radius 2 is 2.13 bits per heavy atom. The first-order valence-electron chi connectivity index (χ1n) is 7.07. The lowest BCUT2D eigenvalue weighted by atomic mass is 10.1. The van der Waals surface area contributed by atoms with Gasteiger partial charge in [0.15, 0.2) is 5.76 Å². The Morgan fingerprint density at radius 1 is 1.39 bits per heavy atom. The molecule has 120 valence electrons. The van der Waals surface area contributed by atoms with Gasteiger partial charge in [-0.05, 0) is 45.0 Å². The van der Waals surface area contributed by atoms with Gasteiger partial charge in [-0.1, -0.05) is 28.4 Å². The quantitative estimate of drug-likeness (QED) is 0.850. The standard InChI is InChI=1S/C17H18ClN3O2/c1-10(2)8-14(19-4)16-15(11(3)21-23-16)17(22)20-13-7-5-6-12(18)9-13/h5-9H,1-4H3,(H,20,22)/b19-14+. The number of aromatic nitrogens is 1. The smallest absolute Gasteiger partial charge is 0.261 e. The average molecular weight is 332 g/mol. The molecular formula is C17H18ClN3O2. The summed E-state index contributed by atoms with van der Waals surface area (Å²) < 4.78 is 5.32. The molecule has 0 spiro atoms. The van der Waals surface area contributed by atoms with Gasteiger partial charge in [-0.3, -0.25) is 9.79 Å². The molecule has 1 aromatic heterocycles. The first kappa shape index (κ1) is 17.0. The van der Waals surface area contributed by atoms with Crippen LogP contribution in [-0.4, -0.2) is 23.8 Å². The minimum absolute atomic E-state index is 0.315. The van der Waals surface area contributed by atoms with E-state index in [1.54, 1.807) is 38.2 Å². The highest BCUT2D eigenvalue weighted by atomic mass is 35.5. The van der Waals surface area contributed by atoms with E-state index >= 15 is 0 Å². The lowest BCUT2D eigenvalue weighted by Crippen LogP contribution is -2.16. The normalized spacial score (nSPS) is 11.3. The lowest BCUT2D eigenvalue weighted by molar-refractivity contribution is 0.102. The van der Waals surface area contributed by atoms with Gasteiger partial charge in [0.25, 0.3) is 5.91 Å². The van der Waals surface area contributed by atoms with Gasteiger partial charge in [0.1, 0.15) is 11.3 Å². The van der Waals surface area contributed by atoms with Crippen LogP contribution in [0.1, 0.15) is 35.7 Å². The molecule has 0 saturated heterocycles. The van der Waals surface area contributed by atoms with E-state index in [4.69, 9.17) is 16.1 Å². The average Bonchev–Trinajstić information content (AvgIpc) is 2.86. The molecule has 6 heteroatoms. The number of carbonyl (C=O) groups excluding carboxylic acids is 1. The summed E-state index contributed by atoms with van der Waals surface area (Å²) in [5.41, 5.74) is 3.08. The summed E-state index contributed by atoms with van der Waals surface area (Å²) in [4.78, 5) is 16.8. The number of nitrogens with one attached hydrogen (secondary N) is 1. The first-order valence-corrected chi connectivity index (χ1v) is 7.45. The molecule has 0 aliphatic heterocycles. The number of amides is 1. The Labute approximate surface area is 140 Å². The second-order valence-electron chi connectivity index (χ2n) is 5.27. The van der Waals surface area contributed by atoms with Gasteiger partial charge in [-0.2, -0.15) is 0 Å². The van der Waals surface area contributed by atoms with Crippen molar-refractivity contribution in [1.82, 2.24) is 5.16 Å². The number of aliphatic imine (C=N–C) groups is 1. The molecule has 1 amide bonds. The third kappa shape index (κ3) is 4.07. The summed E-state index contributed by atoms with van der Waals surface area (Å²) in [6, 6.07) is 6.94. The van der Waals surface area contributed by atoms with Crippen LogP contribution in [0.3, 0.4) is 0 Å². The van der Waals surface area contributed by atoms with Crippen molar-refractivity contribution in [3.8, 4) is 0 Å². The van der Waals surface area contributed by atoms with Crippen LogP contribution in [0.2, 0.25) is 5.02 Å². The number of rotatable bonds is 4. The molecule has 1 aromatic carbocycles. The summed E-state index contributed by atoms with van der Waals surface area (Å²) in [5.74, 6) is 0.0371. The third-order valence-electron chi connectivity index (χ3n) is 3.07. The number of aryl methyl sites for hydroxylation is 1. The molecule has 0 bridgehead atoms. The Bertz CT molecular complexity index is 787.